The van der Waals surface area contributed by atoms with E-state index in [4.69, 9.17) is 11.6 Å². The van der Waals surface area contributed by atoms with Crippen molar-refractivity contribution in [3.8, 4) is 0 Å². The lowest BCUT2D eigenvalue weighted by molar-refractivity contribution is -0.138. The van der Waals surface area contributed by atoms with Crippen molar-refractivity contribution in [3.63, 3.8) is 0 Å². The summed E-state index contributed by atoms with van der Waals surface area (Å²) in [5, 5.41) is 3.65. The van der Waals surface area contributed by atoms with E-state index < -0.39 is 0 Å². The molecular weight excluding hydrogens is 336 g/mol. The van der Waals surface area contributed by atoms with Gasteiger partial charge in [0.2, 0.25) is 17.7 Å². The molecule has 1 atom stereocenters. The molecule has 1 saturated heterocycles. The molecule has 1 aromatic rings. The molecule has 122 valence electrons. The molecule has 2 aliphatic heterocycles. The summed E-state index contributed by atoms with van der Waals surface area (Å²) < 4.78 is 0. The molecule has 1 fully saturated rings. The Kier molecular flexibility index (Phi) is 4.92. The van der Waals surface area contributed by atoms with Crippen molar-refractivity contribution in [2.45, 2.75) is 36.6 Å². The van der Waals surface area contributed by atoms with Crippen molar-refractivity contribution >= 4 is 41.1 Å². The quantitative estimate of drug-likeness (QED) is 0.846. The molecule has 0 unspecified atom stereocenters. The Morgan fingerprint density at radius 1 is 1.30 bits per heavy atom. The van der Waals surface area contributed by atoms with Gasteiger partial charge in [-0.2, -0.15) is 0 Å². The highest BCUT2D eigenvalue weighted by Gasteiger charge is 2.29. The van der Waals surface area contributed by atoms with Gasteiger partial charge in [0.25, 0.3) is 0 Å². The van der Waals surface area contributed by atoms with Gasteiger partial charge in [0, 0.05) is 41.5 Å². The van der Waals surface area contributed by atoms with Gasteiger partial charge in [-0.05, 0) is 30.2 Å². The Labute approximate surface area is 143 Å². The van der Waals surface area contributed by atoms with E-state index in [0.29, 0.717) is 5.02 Å². The maximum atomic E-state index is 12.2. The van der Waals surface area contributed by atoms with Crippen LogP contribution in [0.15, 0.2) is 23.1 Å². The number of hydrogen-bond acceptors (Lipinski definition) is 4. The van der Waals surface area contributed by atoms with Crippen molar-refractivity contribution in [1.29, 1.82) is 0 Å². The highest BCUT2D eigenvalue weighted by Crippen LogP contribution is 2.37. The molecule has 3 amide bonds. The molecule has 0 saturated carbocycles. The molecule has 5 nitrogen and oxygen atoms in total. The first-order chi connectivity index (χ1) is 11.0. The molecular formula is C16H17ClN2O3S. The minimum Gasteiger partial charge on any atom is -0.349 e. The third-order valence-electron chi connectivity index (χ3n) is 4.06. The van der Waals surface area contributed by atoms with Gasteiger partial charge in [0.1, 0.15) is 0 Å². The first kappa shape index (κ1) is 16.3. The Bertz CT molecular complexity index is 649. The zero-order valence-corrected chi connectivity index (χ0v) is 14.1. The number of hydrogen-bond donors (Lipinski definition) is 1. The van der Waals surface area contributed by atoms with Gasteiger partial charge in [-0.25, -0.2) is 0 Å². The Balaban J connectivity index is 1.60. The highest BCUT2D eigenvalue weighted by atomic mass is 35.5. The molecule has 1 aromatic carbocycles. The Morgan fingerprint density at radius 2 is 2.04 bits per heavy atom. The molecule has 2 heterocycles. The number of imide groups is 1. The zero-order chi connectivity index (χ0) is 16.4. The van der Waals surface area contributed by atoms with E-state index in [-0.39, 0.29) is 49.6 Å². The lowest BCUT2D eigenvalue weighted by Gasteiger charge is -2.26. The van der Waals surface area contributed by atoms with E-state index in [2.05, 4.69) is 5.32 Å². The Hall–Kier alpha value is -1.53. The number of carbonyl (C=O) groups excluding carboxylic acids is 3. The second-order valence-corrected chi connectivity index (χ2v) is 7.20. The van der Waals surface area contributed by atoms with Crippen molar-refractivity contribution in [3.05, 3.63) is 28.8 Å². The van der Waals surface area contributed by atoms with Gasteiger partial charge >= 0.3 is 0 Å². The standard InChI is InChI=1S/C16H17ClN2O3S/c17-10-1-2-13-11(9-10)12(6-8-23-13)18-14(20)5-7-19-15(21)3-4-16(19)22/h1-2,9,12H,3-8H2,(H,18,20)/t12-/m0/s1. The van der Waals surface area contributed by atoms with Gasteiger partial charge in [-0.3, -0.25) is 19.3 Å². The molecule has 0 aromatic heterocycles. The summed E-state index contributed by atoms with van der Waals surface area (Å²) in [6.07, 6.45) is 1.49. The van der Waals surface area contributed by atoms with Crippen LogP contribution >= 0.6 is 23.4 Å². The van der Waals surface area contributed by atoms with Crippen LogP contribution in [0.2, 0.25) is 5.02 Å². The summed E-state index contributed by atoms with van der Waals surface area (Å²) in [4.78, 5) is 37.6. The van der Waals surface area contributed by atoms with Crippen molar-refractivity contribution < 1.29 is 14.4 Å². The van der Waals surface area contributed by atoms with Crippen LogP contribution in [0.5, 0.6) is 0 Å². The zero-order valence-electron chi connectivity index (χ0n) is 12.5. The summed E-state index contributed by atoms with van der Waals surface area (Å²) >= 11 is 7.81. The average molecular weight is 353 g/mol. The van der Waals surface area contributed by atoms with Crippen LogP contribution in [0.25, 0.3) is 0 Å². The fourth-order valence-electron chi connectivity index (χ4n) is 2.87. The van der Waals surface area contributed by atoms with Crippen molar-refractivity contribution in [1.82, 2.24) is 10.2 Å². The summed E-state index contributed by atoms with van der Waals surface area (Å²) in [6, 6.07) is 5.65. The first-order valence-electron chi connectivity index (χ1n) is 7.59. The molecule has 0 aliphatic carbocycles. The van der Waals surface area contributed by atoms with Gasteiger partial charge in [-0.1, -0.05) is 11.6 Å². The molecule has 0 spiro atoms. The third-order valence-corrected chi connectivity index (χ3v) is 5.42. The van der Waals surface area contributed by atoms with Gasteiger partial charge < -0.3 is 5.32 Å². The first-order valence-corrected chi connectivity index (χ1v) is 8.96. The minimum atomic E-state index is -0.186. The van der Waals surface area contributed by atoms with Crippen LogP contribution in [0, 0.1) is 0 Å². The number of nitrogens with one attached hydrogen (secondary N) is 1. The topological polar surface area (TPSA) is 66.5 Å². The third kappa shape index (κ3) is 3.70. The average Bonchev–Trinajstić information content (AvgIpc) is 2.84. The van der Waals surface area contributed by atoms with Gasteiger partial charge in [0.05, 0.1) is 6.04 Å². The predicted octanol–water partition coefficient (Wildman–Crippen LogP) is 2.53. The smallest absolute Gasteiger partial charge is 0.229 e. The molecule has 2 aliphatic rings. The number of halogens is 1. The van der Waals surface area contributed by atoms with Crippen LogP contribution < -0.4 is 5.32 Å². The largest absolute Gasteiger partial charge is 0.349 e. The van der Waals surface area contributed by atoms with Crippen LogP contribution in [0.1, 0.15) is 37.3 Å². The molecule has 0 radical (unpaired) electrons. The van der Waals surface area contributed by atoms with Crippen molar-refractivity contribution in [2.24, 2.45) is 0 Å². The summed E-state index contributed by atoms with van der Waals surface area (Å²) in [5.41, 5.74) is 1.04. The van der Waals surface area contributed by atoms with Crippen molar-refractivity contribution in [2.75, 3.05) is 12.3 Å². The predicted molar refractivity (Wildman–Crippen MR) is 88.2 cm³/mol. The number of amides is 3. The van der Waals surface area contributed by atoms with E-state index in [1.807, 2.05) is 18.2 Å². The lowest BCUT2D eigenvalue weighted by atomic mass is 10.0. The molecule has 1 N–H and O–H groups in total. The van der Waals surface area contributed by atoms with E-state index >= 15 is 0 Å². The number of benzene rings is 1. The Morgan fingerprint density at radius 3 is 2.78 bits per heavy atom. The summed E-state index contributed by atoms with van der Waals surface area (Å²) in [7, 11) is 0. The number of thioether (sulfide) groups is 1. The number of rotatable bonds is 4. The normalized spacial score (nSPS) is 20.6. The van der Waals surface area contributed by atoms with Crippen LogP contribution in [0.3, 0.4) is 0 Å². The number of fused-ring (bicyclic) bond motifs is 1. The number of likely N-dealkylation sites (tertiary alicyclic amines) is 1. The maximum absolute atomic E-state index is 12.2. The van der Waals surface area contributed by atoms with E-state index in [0.717, 1.165) is 22.6 Å². The lowest BCUT2D eigenvalue weighted by Crippen LogP contribution is -2.36. The molecule has 0 bridgehead atoms. The van der Waals surface area contributed by atoms with Crippen LogP contribution in [-0.2, 0) is 14.4 Å². The highest BCUT2D eigenvalue weighted by molar-refractivity contribution is 7.99. The monoisotopic (exact) mass is 352 g/mol. The fraction of sp³-hybridized carbons (Fsp3) is 0.438. The van der Waals surface area contributed by atoms with E-state index in [1.54, 1.807) is 11.8 Å². The van der Waals surface area contributed by atoms with Gasteiger partial charge in [0.15, 0.2) is 0 Å². The molecule has 3 rings (SSSR count). The fourth-order valence-corrected chi connectivity index (χ4v) is 4.15. The van der Waals surface area contributed by atoms with E-state index in [9.17, 15) is 14.4 Å². The number of nitrogens with zero attached hydrogens (tertiary/aromatic N) is 1. The maximum Gasteiger partial charge on any atom is 0.229 e. The summed E-state index contributed by atoms with van der Waals surface area (Å²) in [6.45, 7) is 0.160. The van der Waals surface area contributed by atoms with Crippen LogP contribution in [-0.4, -0.2) is 34.9 Å². The minimum absolute atomic E-state index is 0.0672. The summed E-state index contributed by atoms with van der Waals surface area (Å²) in [5.74, 6) is 0.409. The second kappa shape index (κ2) is 6.93. The van der Waals surface area contributed by atoms with E-state index in [1.165, 1.54) is 4.90 Å². The number of carbonyl (C=O) groups is 3. The molecule has 23 heavy (non-hydrogen) atoms. The molecule has 7 heteroatoms. The van der Waals surface area contributed by atoms with Crippen LogP contribution in [0.4, 0.5) is 0 Å². The SMILES string of the molecule is O=C(CCN1C(=O)CCC1=O)N[C@H]1CCSc2ccc(Cl)cc21. The second-order valence-electron chi connectivity index (χ2n) is 5.63. The van der Waals surface area contributed by atoms with Gasteiger partial charge in [-0.15, -0.1) is 11.8 Å².